The van der Waals surface area contributed by atoms with E-state index in [0.717, 1.165) is 4.88 Å². The molecular weight excluding hydrogens is 304 g/mol. The third-order valence-electron chi connectivity index (χ3n) is 2.54. The van der Waals surface area contributed by atoms with Crippen LogP contribution in [-0.4, -0.2) is 19.7 Å². The number of nitrogens with zero attached hydrogens (tertiary/aromatic N) is 1. The second-order valence-corrected chi connectivity index (χ2v) is 7.86. The number of hydrogen-bond acceptors (Lipinski definition) is 5. The first kappa shape index (κ1) is 14.3. The summed E-state index contributed by atoms with van der Waals surface area (Å²) in [6, 6.07) is 6.81. The Balaban J connectivity index is 2.29. The molecule has 0 bridgehead atoms. The highest BCUT2D eigenvalue weighted by atomic mass is 35.5. The molecule has 2 aromatic rings. The molecule has 0 saturated heterocycles. The lowest BCUT2D eigenvalue weighted by atomic mass is 10.3. The lowest BCUT2D eigenvalue weighted by molar-refractivity contribution is 0.601. The van der Waals surface area contributed by atoms with Crippen LogP contribution in [0.1, 0.15) is 17.8 Å². The summed E-state index contributed by atoms with van der Waals surface area (Å²) in [6.45, 7) is 1.93. The molecule has 102 valence electrons. The van der Waals surface area contributed by atoms with Crippen LogP contribution >= 0.6 is 22.9 Å². The van der Waals surface area contributed by atoms with Gasteiger partial charge in [0.2, 0.25) is 0 Å². The van der Waals surface area contributed by atoms with Crippen LogP contribution in [0.25, 0.3) is 0 Å². The Kier molecular flexibility index (Phi) is 4.13. The van der Waals surface area contributed by atoms with Crippen LogP contribution in [-0.2, 0) is 9.84 Å². The quantitative estimate of drug-likeness (QED) is 0.939. The molecule has 19 heavy (non-hydrogen) atoms. The van der Waals surface area contributed by atoms with Crippen molar-refractivity contribution in [2.45, 2.75) is 17.9 Å². The number of aromatic nitrogens is 1. The molecule has 4 nitrogen and oxygen atoms in total. The summed E-state index contributed by atoms with van der Waals surface area (Å²) in [5.41, 5.74) is 0. The molecule has 0 amide bonds. The lowest BCUT2D eigenvalue weighted by Crippen LogP contribution is -2.10. The fourth-order valence-electron chi connectivity index (χ4n) is 1.64. The van der Waals surface area contributed by atoms with E-state index in [2.05, 4.69) is 10.3 Å². The van der Waals surface area contributed by atoms with Crippen LogP contribution in [0, 0.1) is 0 Å². The van der Waals surface area contributed by atoms with Crippen molar-refractivity contribution in [3.63, 3.8) is 0 Å². The van der Waals surface area contributed by atoms with Crippen LogP contribution in [0.5, 0.6) is 0 Å². The molecule has 0 fully saturated rings. The van der Waals surface area contributed by atoms with E-state index in [9.17, 15) is 8.42 Å². The van der Waals surface area contributed by atoms with Crippen molar-refractivity contribution < 1.29 is 8.42 Å². The number of halogens is 1. The number of anilines is 1. The Morgan fingerprint density at radius 1 is 1.37 bits per heavy atom. The van der Waals surface area contributed by atoms with Crippen molar-refractivity contribution in [3.8, 4) is 0 Å². The van der Waals surface area contributed by atoms with E-state index in [1.165, 1.54) is 17.6 Å². The zero-order valence-corrected chi connectivity index (χ0v) is 12.8. The van der Waals surface area contributed by atoms with Crippen molar-refractivity contribution in [1.29, 1.82) is 0 Å². The smallest absolute Gasteiger partial charge is 0.179 e. The molecule has 0 aliphatic heterocycles. The van der Waals surface area contributed by atoms with Gasteiger partial charge in [-0.15, -0.1) is 11.3 Å². The maximum absolute atomic E-state index is 11.7. The summed E-state index contributed by atoms with van der Waals surface area (Å²) in [6.07, 6.45) is 2.73. The lowest BCUT2D eigenvalue weighted by Gasteiger charge is -2.15. The van der Waals surface area contributed by atoms with E-state index in [1.807, 2.05) is 19.1 Å². The Hall–Kier alpha value is -1.11. The second-order valence-electron chi connectivity index (χ2n) is 4.13. The molecule has 1 unspecified atom stereocenters. The zero-order chi connectivity index (χ0) is 14.0. The number of thiophene rings is 1. The fourth-order valence-corrected chi connectivity index (χ4v) is 3.49. The fraction of sp³-hybridized carbons (Fsp3) is 0.250. The highest BCUT2D eigenvalue weighted by Gasteiger charge is 2.16. The third kappa shape index (κ3) is 3.46. The summed E-state index contributed by atoms with van der Waals surface area (Å²) in [5.74, 6) is 0.363. The SMILES string of the molecule is CC(Nc1ncccc1S(C)(=O)=O)c1ccc(Cl)s1. The van der Waals surface area contributed by atoms with E-state index >= 15 is 0 Å². The summed E-state index contributed by atoms with van der Waals surface area (Å²) in [5, 5.41) is 3.11. The Morgan fingerprint density at radius 2 is 2.11 bits per heavy atom. The van der Waals surface area contributed by atoms with Gasteiger partial charge in [0.1, 0.15) is 10.7 Å². The van der Waals surface area contributed by atoms with Gasteiger partial charge in [-0.25, -0.2) is 13.4 Å². The van der Waals surface area contributed by atoms with Crippen LogP contribution < -0.4 is 5.32 Å². The maximum atomic E-state index is 11.7. The highest BCUT2D eigenvalue weighted by molar-refractivity contribution is 7.90. The molecule has 0 aromatic carbocycles. The van der Waals surface area contributed by atoms with Gasteiger partial charge in [-0.2, -0.15) is 0 Å². The van der Waals surface area contributed by atoms with Gasteiger partial charge in [0.15, 0.2) is 9.84 Å². The Labute approximate surface area is 121 Å². The monoisotopic (exact) mass is 316 g/mol. The molecule has 0 aliphatic rings. The molecule has 1 N–H and O–H groups in total. The van der Waals surface area contributed by atoms with Crippen LogP contribution in [0.15, 0.2) is 35.4 Å². The molecule has 0 spiro atoms. The van der Waals surface area contributed by atoms with Crippen molar-refractivity contribution >= 4 is 38.6 Å². The molecule has 7 heteroatoms. The first-order valence-electron chi connectivity index (χ1n) is 5.55. The molecule has 0 radical (unpaired) electrons. The predicted octanol–water partition coefficient (Wildman–Crippen LogP) is 3.37. The molecule has 0 saturated carbocycles. The van der Waals surface area contributed by atoms with Gasteiger partial charge in [-0.1, -0.05) is 11.6 Å². The van der Waals surface area contributed by atoms with Gasteiger partial charge < -0.3 is 5.32 Å². The summed E-state index contributed by atoms with van der Waals surface area (Å²) in [7, 11) is -3.30. The maximum Gasteiger partial charge on any atom is 0.179 e. The topological polar surface area (TPSA) is 59.1 Å². The van der Waals surface area contributed by atoms with Gasteiger partial charge in [0, 0.05) is 17.3 Å². The average molecular weight is 317 g/mol. The minimum Gasteiger partial charge on any atom is -0.362 e. The Bertz CT molecular complexity index is 683. The summed E-state index contributed by atoms with van der Waals surface area (Å²) >= 11 is 7.34. The summed E-state index contributed by atoms with van der Waals surface area (Å²) < 4.78 is 24.1. The Morgan fingerprint density at radius 3 is 2.68 bits per heavy atom. The minimum atomic E-state index is -3.30. The van der Waals surface area contributed by atoms with Gasteiger partial charge >= 0.3 is 0 Å². The molecule has 2 rings (SSSR count). The number of pyridine rings is 1. The van der Waals surface area contributed by atoms with Crippen LogP contribution in [0.4, 0.5) is 5.82 Å². The average Bonchev–Trinajstić information content (AvgIpc) is 2.75. The molecule has 1 atom stereocenters. The standard InChI is InChI=1S/C12H13ClN2O2S2/c1-8(9-5-6-11(13)18-9)15-12-10(19(2,16)17)4-3-7-14-12/h3-8H,1-2H3,(H,14,15). The first-order chi connectivity index (χ1) is 8.88. The number of nitrogens with one attached hydrogen (secondary N) is 1. The highest BCUT2D eigenvalue weighted by Crippen LogP contribution is 2.30. The van der Waals surface area contributed by atoms with Crippen LogP contribution in [0.3, 0.4) is 0 Å². The van der Waals surface area contributed by atoms with Crippen molar-refractivity contribution in [2.75, 3.05) is 11.6 Å². The zero-order valence-electron chi connectivity index (χ0n) is 10.4. The van der Waals surface area contributed by atoms with E-state index < -0.39 is 9.84 Å². The van der Waals surface area contributed by atoms with E-state index in [1.54, 1.807) is 18.3 Å². The van der Waals surface area contributed by atoms with E-state index in [-0.39, 0.29) is 10.9 Å². The number of rotatable bonds is 4. The summed E-state index contributed by atoms with van der Waals surface area (Å²) in [4.78, 5) is 5.32. The third-order valence-corrected chi connectivity index (χ3v) is 5.09. The van der Waals surface area contributed by atoms with E-state index in [0.29, 0.717) is 10.2 Å². The van der Waals surface area contributed by atoms with Gasteiger partial charge in [-0.3, -0.25) is 0 Å². The van der Waals surface area contributed by atoms with E-state index in [4.69, 9.17) is 11.6 Å². The van der Waals surface area contributed by atoms with Crippen molar-refractivity contribution in [2.24, 2.45) is 0 Å². The predicted molar refractivity (Wildman–Crippen MR) is 78.7 cm³/mol. The molecule has 2 heterocycles. The van der Waals surface area contributed by atoms with Gasteiger partial charge in [-0.05, 0) is 31.2 Å². The van der Waals surface area contributed by atoms with Crippen molar-refractivity contribution in [1.82, 2.24) is 4.98 Å². The first-order valence-corrected chi connectivity index (χ1v) is 8.63. The molecule has 2 aromatic heterocycles. The van der Waals surface area contributed by atoms with Crippen LogP contribution in [0.2, 0.25) is 4.34 Å². The van der Waals surface area contributed by atoms with Gasteiger partial charge in [0.25, 0.3) is 0 Å². The molecular formula is C12H13ClN2O2S2. The normalized spacial score (nSPS) is 13.2. The van der Waals surface area contributed by atoms with Gasteiger partial charge in [0.05, 0.1) is 10.4 Å². The minimum absolute atomic E-state index is 0.0621. The van der Waals surface area contributed by atoms with Crippen molar-refractivity contribution in [3.05, 3.63) is 39.7 Å². The molecule has 0 aliphatic carbocycles. The largest absolute Gasteiger partial charge is 0.362 e. The number of hydrogen-bond donors (Lipinski definition) is 1. The second kappa shape index (κ2) is 5.48. The number of sulfone groups is 1.